The highest BCUT2D eigenvalue weighted by molar-refractivity contribution is 5.96. The van der Waals surface area contributed by atoms with E-state index < -0.39 is 5.91 Å². The summed E-state index contributed by atoms with van der Waals surface area (Å²) in [6.45, 7) is 3.79. The van der Waals surface area contributed by atoms with Crippen molar-refractivity contribution in [1.29, 1.82) is 0 Å². The van der Waals surface area contributed by atoms with Crippen molar-refractivity contribution >= 4 is 5.91 Å². The normalized spacial score (nSPS) is 10.2. The molecule has 1 amide bonds. The number of nitrogens with two attached hydrogens (primary N) is 1. The summed E-state index contributed by atoms with van der Waals surface area (Å²) in [5, 5.41) is 0. The molecule has 2 aromatic heterocycles. The lowest BCUT2D eigenvalue weighted by molar-refractivity contribution is 0.0999. The van der Waals surface area contributed by atoms with Gasteiger partial charge in [-0.05, 0) is 37.1 Å². The Labute approximate surface area is 99.5 Å². The van der Waals surface area contributed by atoms with E-state index in [-0.39, 0.29) is 0 Å². The van der Waals surface area contributed by atoms with E-state index in [0.717, 1.165) is 22.4 Å². The minimum Gasteiger partial charge on any atom is -0.366 e. The Morgan fingerprint density at radius 3 is 2.47 bits per heavy atom. The van der Waals surface area contributed by atoms with Crippen LogP contribution in [-0.4, -0.2) is 15.9 Å². The lowest BCUT2D eigenvalue weighted by Crippen LogP contribution is -2.14. The highest BCUT2D eigenvalue weighted by atomic mass is 16.1. The molecule has 2 heterocycles. The highest BCUT2D eigenvalue weighted by Crippen LogP contribution is 2.27. The molecule has 0 aromatic carbocycles. The van der Waals surface area contributed by atoms with Gasteiger partial charge in [0.2, 0.25) is 0 Å². The number of nitrogens with zero attached hydrogens (tertiary/aromatic N) is 2. The molecule has 17 heavy (non-hydrogen) atoms. The van der Waals surface area contributed by atoms with Gasteiger partial charge in [0, 0.05) is 29.8 Å². The minimum absolute atomic E-state index is 0.453. The van der Waals surface area contributed by atoms with E-state index >= 15 is 0 Å². The molecule has 2 rings (SSSR count). The molecule has 0 radical (unpaired) electrons. The zero-order valence-electron chi connectivity index (χ0n) is 9.77. The second-order valence-electron chi connectivity index (χ2n) is 3.86. The van der Waals surface area contributed by atoms with Crippen molar-refractivity contribution in [3.05, 3.63) is 47.5 Å². The van der Waals surface area contributed by atoms with Gasteiger partial charge in [0.15, 0.2) is 0 Å². The summed E-state index contributed by atoms with van der Waals surface area (Å²) in [6.07, 6.45) is 4.95. The predicted molar refractivity (Wildman–Crippen MR) is 65.5 cm³/mol. The van der Waals surface area contributed by atoms with E-state index in [9.17, 15) is 4.79 Å². The van der Waals surface area contributed by atoms with Gasteiger partial charge in [-0.15, -0.1) is 0 Å². The smallest absolute Gasteiger partial charge is 0.250 e. The Balaban J connectivity index is 2.69. The van der Waals surface area contributed by atoms with Crippen LogP contribution < -0.4 is 5.73 Å². The van der Waals surface area contributed by atoms with Gasteiger partial charge in [-0.2, -0.15) is 0 Å². The molecule has 4 heteroatoms. The third-order valence-corrected chi connectivity index (χ3v) is 2.76. The molecule has 0 aliphatic carbocycles. The lowest BCUT2D eigenvalue weighted by atomic mass is 9.97. The zero-order chi connectivity index (χ0) is 12.4. The van der Waals surface area contributed by atoms with Crippen LogP contribution in [0.4, 0.5) is 0 Å². The molecule has 0 saturated heterocycles. The Hall–Kier alpha value is -2.23. The number of aromatic nitrogens is 2. The van der Waals surface area contributed by atoms with Crippen LogP contribution in [-0.2, 0) is 0 Å². The number of carbonyl (C=O) groups is 1. The van der Waals surface area contributed by atoms with Gasteiger partial charge in [0.25, 0.3) is 5.91 Å². The molecule has 2 aromatic rings. The number of hydrogen-bond acceptors (Lipinski definition) is 3. The molecule has 86 valence electrons. The average Bonchev–Trinajstić information content (AvgIpc) is 2.30. The molecule has 0 aliphatic rings. The van der Waals surface area contributed by atoms with Crippen molar-refractivity contribution < 1.29 is 4.79 Å². The Bertz CT molecular complexity index is 564. The van der Waals surface area contributed by atoms with E-state index in [1.165, 1.54) is 6.20 Å². The first-order valence-electron chi connectivity index (χ1n) is 5.27. The lowest BCUT2D eigenvalue weighted by Gasteiger charge is -2.11. The molecule has 2 N–H and O–H groups in total. The number of amides is 1. The van der Waals surface area contributed by atoms with Crippen LogP contribution in [0.2, 0.25) is 0 Å². The second kappa shape index (κ2) is 4.33. The van der Waals surface area contributed by atoms with E-state index in [0.29, 0.717) is 5.56 Å². The first-order chi connectivity index (χ1) is 8.11. The molecule has 4 nitrogen and oxygen atoms in total. The fraction of sp³-hybridized carbons (Fsp3) is 0.154. The summed E-state index contributed by atoms with van der Waals surface area (Å²) < 4.78 is 0. The van der Waals surface area contributed by atoms with Gasteiger partial charge in [-0.3, -0.25) is 14.8 Å². The quantitative estimate of drug-likeness (QED) is 0.851. The molecule has 0 aliphatic heterocycles. The molecule has 0 bridgehead atoms. The zero-order valence-corrected chi connectivity index (χ0v) is 9.77. The van der Waals surface area contributed by atoms with Crippen molar-refractivity contribution in [2.24, 2.45) is 5.73 Å². The summed E-state index contributed by atoms with van der Waals surface area (Å²) in [5.41, 5.74) is 9.45. The fourth-order valence-electron chi connectivity index (χ4n) is 1.92. The van der Waals surface area contributed by atoms with Crippen LogP contribution >= 0.6 is 0 Å². The molecular weight excluding hydrogens is 214 g/mol. The van der Waals surface area contributed by atoms with Crippen LogP contribution in [0.25, 0.3) is 11.1 Å². The highest BCUT2D eigenvalue weighted by Gasteiger charge is 2.13. The molecule has 0 spiro atoms. The average molecular weight is 227 g/mol. The third kappa shape index (κ3) is 2.01. The number of hydrogen-bond donors (Lipinski definition) is 1. The summed E-state index contributed by atoms with van der Waals surface area (Å²) in [5.74, 6) is -0.453. The maximum atomic E-state index is 11.3. The molecule has 0 atom stereocenters. The van der Waals surface area contributed by atoms with Gasteiger partial charge in [0.1, 0.15) is 0 Å². The first kappa shape index (κ1) is 11.3. The summed E-state index contributed by atoms with van der Waals surface area (Å²) in [6, 6.07) is 3.78. The fourth-order valence-corrected chi connectivity index (χ4v) is 1.92. The molecular formula is C13H13N3O. The van der Waals surface area contributed by atoms with Crippen LogP contribution in [0.3, 0.4) is 0 Å². The standard InChI is InChI=1S/C13H13N3O/c1-8-11(13(14)17)7-16-9(2)12(8)10-3-5-15-6-4-10/h3-7H,1-2H3,(H2,14,17). The van der Waals surface area contributed by atoms with Crippen molar-refractivity contribution in [1.82, 2.24) is 9.97 Å². The summed E-state index contributed by atoms with van der Waals surface area (Å²) in [4.78, 5) is 19.5. The van der Waals surface area contributed by atoms with Crippen LogP contribution in [0.1, 0.15) is 21.6 Å². The number of rotatable bonds is 2. The molecule has 0 fully saturated rings. The van der Waals surface area contributed by atoms with Crippen molar-refractivity contribution in [3.63, 3.8) is 0 Å². The monoisotopic (exact) mass is 227 g/mol. The summed E-state index contributed by atoms with van der Waals surface area (Å²) in [7, 11) is 0. The van der Waals surface area contributed by atoms with Gasteiger partial charge < -0.3 is 5.73 Å². The van der Waals surface area contributed by atoms with Gasteiger partial charge >= 0.3 is 0 Å². The second-order valence-corrected chi connectivity index (χ2v) is 3.86. The minimum atomic E-state index is -0.453. The van der Waals surface area contributed by atoms with Crippen molar-refractivity contribution in [2.75, 3.05) is 0 Å². The van der Waals surface area contributed by atoms with E-state index in [1.54, 1.807) is 12.4 Å². The predicted octanol–water partition coefficient (Wildman–Crippen LogP) is 1.86. The van der Waals surface area contributed by atoms with Crippen molar-refractivity contribution in [3.8, 4) is 11.1 Å². The van der Waals surface area contributed by atoms with E-state index in [1.807, 2.05) is 26.0 Å². The number of pyridine rings is 2. The van der Waals surface area contributed by atoms with Gasteiger partial charge in [0.05, 0.1) is 5.56 Å². The largest absolute Gasteiger partial charge is 0.366 e. The Kier molecular flexibility index (Phi) is 2.87. The van der Waals surface area contributed by atoms with Crippen LogP contribution in [0.5, 0.6) is 0 Å². The molecule has 0 saturated carbocycles. The third-order valence-electron chi connectivity index (χ3n) is 2.76. The SMILES string of the molecule is Cc1ncc(C(N)=O)c(C)c1-c1ccncc1. The number of carbonyl (C=O) groups excluding carboxylic acids is 1. The summed E-state index contributed by atoms with van der Waals surface area (Å²) >= 11 is 0. The first-order valence-corrected chi connectivity index (χ1v) is 5.27. The van der Waals surface area contributed by atoms with E-state index in [4.69, 9.17) is 5.73 Å². The number of primary amides is 1. The molecule has 0 unspecified atom stereocenters. The van der Waals surface area contributed by atoms with Gasteiger partial charge in [-0.25, -0.2) is 0 Å². The maximum Gasteiger partial charge on any atom is 0.250 e. The Morgan fingerprint density at radius 1 is 1.24 bits per heavy atom. The van der Waals surface area contributed by atoms with E-state index in [2.05, 4.69) is 9.97 Å². The maximum absolute atomic E-state index is 11.3. The van der Waals surface area contributed by atoms with Gasteiger partial charge in [-0.1, -0.05) is 0 Å². The topological polar surface area (TPSA) is 68.9 Å². The van der Waals surface area contributed by atoms with Crippen molar-refractivity contribution in [2.45, 2.75) is 13.8 Å². The van der Waals surface area contributed by atoms with Crippen LogP contribution in [0.15, 0.2) is 30.7 Å². The number of aryl methyl sites for hydroxylation is 1. The van der Waals surface area contributed by atoms with Crippen LogP contribution in [0, 0.1) is 13.8 Å². The Morgan fingerprint density at radius 2 is 1.88 bits per heavy atom.